The number of nitrogens with one attached hydrogen (secondary N) is 1. The standard InChI is InChI=1S/C21H18N4O7/c1-13(15-7-8-16-17(9-15)30-12-29-16)25-31-11-19(27)28-10-18(26)22-21-24-23-20(32-21)14-5-3-2-4-6-14/h2-9H,10-12H2,1H3,(H,22,24,26)/b25-13+. The monoisotopic (exact) mass is 438 g/mol. The van der Waals surface area contributed by atoms with Crippen LogP contribution in [0.2, 0.25) is 0 Å². The van der Waals surface area contributed by atoms with E-state index in [-0.39, 0.29) is 18.7 Å². The van der Waals surface area contributed by atoms with Crippen molar-refractivity contribution in [2.24, 2.45) is 5.16 Å². The largest absolute Gasteiger partial charge is 0.454 e. The van der Waals surface area contributed by atoms with Crippen molar-refractivity contribution in [2.75, 3.05) is 25.3 Å². The summed E-state index contributed by atoms with van der Waals surface area (Å²) in [5, 5.41) is 13.8. The molecule has 0 atom stereocenters. The molecular weight excluding hydrogens is 420 g/mol. The minimum atomic E-state index is -0.766. The molecule has 11 heteroatoms. The third-order valence-corrected chi connectivity index (χ3v) is 4.23. The van der Waals surface area contributed by atoms with Gasteiger partial charge in [-0.05, 0) is 37.3 Å². The van der Waals surface area contributed by atoms with Gasteiger partial charge >= 0.3 is 12.0 Å². The summed E-state index contributed by atoms with van der Waals surface area (Å²) in [5.41, 5.74) is 1.98. The van der Waals surface area contributed by atoms with E-state index < -0.39 is 25.1 Å². The fourth-order valence-electron chi connectivity index (χ4n) is 2.67. The maximum atomic E-state index is 11.9. The molecule has 2 aromatic carbocycles. The number of oxime groups is 1. The molecule has 1 aliphatic heterocycles. The molecule has 0 saturated heterocycles. The van der Waals surface area contributed by atoms with Crippen LogP contribution < -0.4 is 14.8 Å². The molecule has 164 valence electrons. The minimum absolute atomic E-state index is 0.106. The fraction of sp³-hybridized carbons (Fsp3) is 0.190. The number of esters is 1. The summed E-state index contributed by atoms with van der Waals surface area (Å²) in [7, 11) is 0. The lowest BCUT2D eigenvalue weighted by atomic mass is 10.1. The van der Waals surface area contributed by atoms with Crippen molar-refractivity contribution >= 4 is 23.6 Å². The summed E-state index contributed by atoms with van der Waals surface area (Å²) in [5.74, 6) is 0.113. The van der Waals surface area contributed by atoms with E-state index in [1.54, 1.807) is 37.3 Å². The van der Waals surface area contributed by atoms with Crippen LogP contribution in [0.1, 0.15) is 12.5 Å². The molecule has 32 heavy (non-hydrogen) atoms. The molecule has 1 N–H and O–H groups in total. The van der Waals surface area contributed by atoms with Crippen LogP contribution in [0.25, 0.3) is 11.5 Å². The number of hydrogen-bond donors (Lipinski definition) is 1. The minimum Gasteiger partial charge on any atom is -0.454 e. The van der Waals surface area contributed by atoms with Gasteiger partial charge in [0.05, 0.1) is 5.71 Å². The Hall–Kier alpha value is -4.41. The third-order valence-electron chi connectivity index (χ3n) is 4.23. The highest BCUT2D eigenvalue weighted by molar-refractivity contribution is 5.99. The van der Waals surface area contributed by atoms with Crippen molar-refractivity contribution in [1.82, 2.24) is 10.2 Å². The number of fused-ring (bicyclic) bond motifs is 1. The van der Waals surface area contributed by atoms with Crippen LogP contribution in [0.4, 0.5) is 6.01 Å². The first kappa shape index (κ1) is 20.8. The fourth-order valence-corrected chi connectivity index (χ4v) is 2.67. The number of ether oxygens (including phenoxy) is 3. The Kier molecular flexibility index (Phi) is 6.25. The summed E-state index contributed by atoms with van der Waals surface area (Å²) in [6.07, 6.45) is 0. The molecule has 2 heterocycles. The summed E-state index contributed by atoms with van der Waals surface area (Å²) < 4.78 is 20.8. The van der Waals surface area contributed by atoms with Crippen LogP contribution in [0.5, 0.6) is 11.5 Å². The van der Waals surface area contributed by atoms with E-state index in [1.165, 1.54) is 0 Å². The number of carbonyl (C=O) groups is 2. The maximum Gasteiger partial charge on any atom is 0.347 e. The summed E-state index contributed by atoms with van der Waals surface area (Å²) >= 11 is 0. The first-order valence-electron chi connectivity index (χ1n) is 9.49. The number of nitrogens with zero attached hydrogens (tertiary/aromatic N) is 3. The van der Waals surface area contributed by atoms with Crippen LogP contribution in [0.15, 0.2) is 58.1 Å². The molecule has 1 aliphatic rings. The van der Waals surface area contributed by atoms with Crippen molar-refractivity contribution in [2.45, 2.75) is 6.92 Å². The van der Waals surface area contributed by atoms with E-state index >= 15 is 0 Å². The van der Waals surface area contributed by atoms with Crippen LogP contribution in [0, 0.1) is 0 Å². The van der Waals surface area contributed by atoms with Gasteiger partial charge in [-0.1, -0.05) is 28.5 Å². The molecular formula is C21H18N4O7. The third kappa shape index (κ3) is 5.19. The van der Waals surface area contributed by atoms with Crippen LogP contribution in [-0.4, -0.2) is 47.8 Å². The number of rotatable bonds is 8. The Morgan fingerprint density at radius 2 is 1.88 bits per heavy atom. The van der Waals surface area contributed by atoms with Crippen molar-refractivity contribution < 1.29 is 33.1 Å². The average Bonchev–Trinajstić information content (AvgIpc) is 3.47. The first-order chi connectivity index (χ1) is 15.6. The van der Waals surface area contributed by atoms with Crippen molar-refractivity contribution in [1.29, 1.82) is 0 Å². The highest BCUT2D eigenvalue weighted by Crippen LogP contribution is 2.32. The second-order valence-electron chi connectivity index (χ2n) is 6.51. The molecule has 1 aromatic heterocycles. The van der Waals surface area contributed by atoms with E-state index in [9.17, 15) is 9.59 Å². The Morgan fingerprint density at radius 1 is 1.06 bits per heavy atom. The molecule has 11 nitrogen and oxygen atoms in total. The number of anilines is 1. The lowest BCUT2D eigenvalue weighted by molar-refractivity contribution is -0.151. The van der Waals surface area contributed by atoms with Gasteiger partial charge in [0.25, 0.3) is 5.91 Å². The summed E-state index contributed by atoms with van der Waals surface area (Å²) in [6.45, 7) is 0.875. The van der Waals surface area contributed by atoms with Gasteiger partial charge in [0.15, 0.2) is 18.1 Å². The van der Waals surface area contributed by atoms with Gasteiger partial charge in [0.2, 0.25) is 19.3 Å². The predicted octanol–water partition coefficient (Wildman–Crippen LogP) is 2.39. The number of carbonyl (C=O) groups excluding carboxylic acids is 2. The zero-order valence-corrected chi connectivity index (χ0v) is 16.9. The molecule has 0 fully saturated rings. The molecule has 1 amide bonds. The Morgan fingerprint density at radius 3 is 2.72 bits per heavy atom. The van der Waals surface area contributed by atoms with Crippen molar-refractivity contribution in [3.8, 4) is 23.0 Å². The molecule has 0 saturated carbocycles. The molecule has 0 bridgehead atoms. The normalized spacial score (nSPS) is 12.3. The highest BCUT2D eigenvalue weighted by atomic mass is 16.7. The van der Waals surface area contributed by atoms with E-state index in [4.69, 9.17) is 23.5 Å². The van der Waals surface area contributed by atoms with Crippen molar-refractivity contribution in [3.63, 3.8) is 0 Å². The average molecular weight is 438 g/mol. The first-order valence-corrected chi connectivity index (χ1v) is 9.49. The number of benzene rings is 2. The van der Waals surface area contributed by atoms with E-state index in [2.05, 4.69) is 20.7 Å². The highest BCUT2D eigenvalue weighted by Gasteiger charge is 2.15. The van der Waals surface area contributed by atoms with Crippen molar-refractivity contribution in [3.05, 3.63) is 54.1 Å². The Bertz CT molecular complexity index is 1140. The van der Waals surface area contributed by atoms with Crippen LogP contribution in [0.3, 0.4) is 0 Å². The Balaban J connectivity index is 1.20. The molecule has 0 aliphatic carbocycles. The second kappa shape index (κ2) is 9.60. The summed E-state index contributed by atoms with van der Waals surface area (Å²) in [6, 6.07) is 14.3. The molecule has 3 aromatic rings. The van der Waals surface area contributed by atoms with Crippen LogP contribution >= 0.6 is 0 Å². The van der Waals surface area contributed by atoms with E-state index in [0.717, 1.165) is 5.56 Å². The summed E-state index contributed by atoms with van der Waals surface area (Å²) in [4.78, 5) is 28.7. The zero-order chi connectivity index (χ0) is 22.3. The zero-order valence-electron chi connectivity index (χ0n) is 16.9. The Labute approximate surface area is 181 Å². The molecule has 0 spiro atoms. The quantitative estimate of drug-likeness (QED) is 0.319. The van der Waals surface area contributed by atoms with Gasteiger partial charge in [0, 0.05) is 11.1 Å². The van der Waals surface area contributed by atoms with Crippen LogP contribution in [-0.2, 0) is 19.2 Å². The van der Waals surface area contributed by atoms with E-state index in [0.29, 0.717) is 22.8 Å². The molecule has 0 radical (unpaired) electrons. The van der Waals surface area contributed by atoms with Gasteiger partial charge in [-0.25, -0.2) is 4.79 Å². The SMILES string of the molecule is C/C(=N\OCC(=O)OCC(=O)Nc1nnc(-c2ccccc2)o1)c1ccc2c(c1)OCO2. The van der Waals surface area contributed by atoms with Gasteiger partial charge in [0.1, 0.15) is 0 Å². The van der Waals surface area contributed by atoms with E-state index in [1.807, 2.05) is 18.2 Å². The van der Waals surface area contributed by atoms with Gasteiger partial charge in [-0.3, -0.25) is 10.1 Å². The maximum absolute atomic E-state index is 11.9. The smallest absolute Gasteiger partial charge is 0.347 e. The lowest BCUT2D eigenvalue weighted by Crippen LogP contribution is -2.22. The molecule has 0 unspecified atom stereocenters. The van der Waals surface area contributed by atoms with Gasteiger partial charge in [-0.2, -0.15) is 0 Å². The van der Waals surface area contributed by atoms with Gasteiger partial charge < -0.3 is 23.5 Å². The predicted molar refractivity (Wildman–Crippen MR) is 110 cm³/mol. The molecule has 4 rings (SSSR count). The second-order valence-corrected chi connectivity index (χ2v) is 6.51. The number of aromatic nitrogens is 2. The topological polar surface area (TPSA) is 134 Å². The number of amides is 1. The number of hydrogen-bond acceptors (Lipinski definition) is 10. The lowest BCUT2D eigenvalue weighted by Gasteiger charge is -2.05. The van der Waals surface area contributed by atoms with Gasteiger partial charge in [-0.15, -0.1) is 5.10 Å².